The van der Waals surface area contributed by atoms with E-state index in [-0.39, 0.29) is 16.8 Å². The molecule has 0 saturated carbocycles. The lowest BCUT2D eigenvalue weighted by Gasteiger charge is -2.07. The zero-order chi connectivity index (χ0) is 11.8. The van der Waals surface area contributed by atoms with E-state index in [1.165, 1.54) is 0 Å². The van der Waals surface area contributed by atoms with Crippen molar-refractivity contribution in [3.63, 3.8) is 0 Å². The van der Waals surface area contributed by atoms with Gasteiger partial charge in [-0.05, 0) is 23.8 Å². The summed E-state index contributed by atoms with van der Waals surface area (Å²) < 4.78 is 0. The Balaban J connectivity index is 1.99. The van der Waals surface area contributed by atoms with Crippen LogP contribution in [0.2, 0.25) is 0 Å². The van der Waals surface area contributed by atoms with Gasteiger partial charge in [0.2, 0.25) is 0 Å². The summed E-state index contributed by atoms with van der Waals surface area (Å²) in [5, 5.41) is 9.07. The molecule has 0 aromatic heterocycles. The third-order valence-electron chi connectivity index (χ3n) is 2.83. The molecule has 1 unspecified atom stereocenters. The highest BCUT2D eigenvalue weighted by molar-refractivity contribution is 8.00. The van der Waals surface area contributed by atoms with Gasteiger partial charge in [-0.1, -0.05) is 30.3 Å². The molecule has 3 heteroatoms. The standard InChI is InChI=1S/C14H10O2S/c15-10-7-5-9(6-8-10)14-13(16)11-3-1-2-4-12(11)17-14/h1-8,14-15H. The van der Waals surface area contributed by atoms with Crippen LogP contribution in [0.15, 0.2) is 53.4 Å². The molecule has 2 aromatic rings. The Hall–Kier alpha value is -1.74. The maximum absolute atomic E-state index is 12.2. The number of phenols is 1. The molecular weight excluding hydrogens is 232 g/mol. The van der Waals surface area contributed by atoms with Crippen LogP contribution in [0.3, 0.4) is 0 Å². The van der Waals surface area contributed by atoms with Gasteiger partial charge in [0, 0.05) is 10.5 Å². The number of rotatable bonds is 1. The molecule has 1 N–H and O–H groups in total. The van der Waals surface area contributed by atoms with Crippen molar-refractivity contribution in [3.05, 3.63) is 59.7 Å². The van der Waals surface area contributed by atoms with Crippen molar-refractivity contribution in [3.8, 4) is 5.75 Å². The predicted octanol–water partition coefficient (Wildman–Crippen LogP) is 3.42. The lowest BCUT2D eigenvalue weighted by atomic mass is 10.0. The van der Waals surface area contributed by atoms with Crippen LogP contribution in [-0.2, 0) is 0 Å². The van der Waals surface area contributed by atoms with Crippen LogP contribution >= 0.6 is 11.8 Å². The molecule has 0 saturated heterocycles. The SMILES string of the molecule is O=C1c2ccccc2SC1c1ccc(O)cc1. The minimum atomic E-state index is -0.173. The zero-order valence-electron chi connectivity index (χ0n) is 8.96. The lowest BCUT2D eigenvalue weighted by molar-refractivity contribution is 0.0991. The molecule has 1 heterocycles. The molecular formula is C14H10O2S. The second kappa shape index (κ2) is 3.93. The van der Waals surface area contributed by atoms with Gasteiger partial charge in [0.05, 0.1) is 5.25 Å². The number of hydrogen-bond acceptors (Lipinski definition) is 3. The van der Waals surface area contributed by atoms with E-state index < -0.39 is 0 Å². The number of aromatic hydroxyl groups is 1. The third-order valence-corrected chi connectivity index (χ3v) is 4.16. The average Bonchev–Trinajstić information content (AvgIpc) is 2.69. The van der Waals surface area contributed by atoms with E-state index >= 15 is 0 Å². The van der Waals surface area contributed by atoms with Crippen molar-refractivity contribution in [2.45, 2.75) is 10.1 Å². The molecule has 84 valence electrons. The second-order valence-electron chi connectivity index (χ2n) is 3.95. The minimum absolute atomic E-state index is 0.149. The number of phenolic OH excluding ortho intramolecular Hbond substituents is 1. The van der Waals surface area contributed by atoms with Crippen LogP contribution in [0.1, 0.15) is 21.2 Å². The molecule has 1 aliphatic heterocycles. The molecule has 1 atom stereocenters. The summed E-state index contributed by atoms with van der Waals surface area (Å²) in [4.78, 5) is 13.2. The van der Waals surface area contributed by atoms with Gasteiger partial charge in [-0.25, -0.2) is 0 Å². The topological polar surface area (TPSA) is 37.3 Å². The number of Topliss-reactive ketones (excluding diaryl/α,β-unsaturated/α-hetero) is 1. The second-order valence-corrected chi connectivity index (χ2v) is 5.10. The van der Waals surface area contributed by atoms with E-state index in [9.17, 15) is 9.90 Å². The molecule has 0 radical (unpaired) electrons. The van der Waals surface area contributed by atoms with Crippen LogP contribution in [0.25, 0.3) is 0 Å². The first kappa shape index (κ1) is 10.4. The Morgan fingerprint density at radius 3 is 2.41 bits per heavy atom. The fourth-order valence-electron chi connectivity index (χ4n) is 1.96. The van der Waals surface area contributed by atoms with Crippen molar-refractivity contribution in [1.29, 1.82) is 0 Å². The van der Waals surface area contributed by atoms with Gasteiger partial charge in [-0.2, -0.15) is 0 Å². The van der Waals surface area contributed by atoms with Gasteiger partial charge in [0.1, 0.15) is 5.75 Å². The van der Waals surface area contributed by atoms with Crippen molar-refractivity contribution < 1.29 is 9.90 Å². The van der Waals surface area contributed by atoms with Gasteiger partial charge >= 0.3 is 0 Å². The molecule has 2 nitrogen and oxygen atoms in total. The molecule has 1 aliphatic rings. The lowest BCUT2D eigenvalue weighted by Crippen LogP contribution is -2.03. The molecule has 3 rings (SSSR count). The quantitative estimate of drug-likeness (QED) is 0.832. The summed E-state index contributed by atoms with van der Waals surface area (Å²) in [6.07, 6.45) is 0. The van der Waals surface area contributed by atoms with Crippen molar-refractivity contribution in [2.75, 3.05) is 0 Å². The van der Waals surface area contributed by atoms with Crippen LogP contribution in [0.5, 0.6) is 5.75 Å². The average molecular weight is 242 g/mol. The monoisotopic (exact) mass is 242 g/mol. The van der Waals surface area contributed by atoms with E-state index in [1.807, 2.05) is 24.3 Å². The van der Waals surface area contributed by atoms with E-state index in [2.05, 4.69) is 0 Å². The smallest absolute Gasteiger partial charge is 0.181 e. The largest absolute Gasteiger partial charge is 0.508 e. The summed E-state index contributed by atoms with van der Waals surface area (Å²) in [5.74, 6) is 0.373. The highest BCUT2D eigenvalue weighted by Crippen LogP contribution is 2.46. The molecule has 2 aromatic carbocycles. The van der Waals surface area contributed by atoms with E-state index in [4.69, 9.17) is 0 Å². The normalized spacial score (nSPS) is 18.1. The molecule has 0 aliphatic carbocycles. The maximum Gasteiger partial charge on any atom is 0.181 e. The number of carbonyl (C=O) groups is 1. The first-order valence-electron chi connectivity index (χ1n) is 5.34. The Morgan fingerprint density at radius 2 is 1.71 bits per heavy atom. The molecule has 17 heavy (non-hydrogen) atoms. The summed E-state index contributed by atoms with van der Waals surface area (Å²) in [6, 6.07) is 14.5. The number of fused-ring (bicyclic) bond motifs is 1. The first-order chi connectivity index (χ1) is 8.25. The van der Waals surface area contributed by atoms with E-state index in [1.54, 1.807) is 36.0 Å². The van der Waals surface area contributed by atoms with Gasteiger partial charge in [0.25, 0.3) is 0 Å². The Labute approximate surface area is 103 Å². The number of carbonyl (C=O) groups excluding carboxylic acids is 1. The van der Waals surface area contributed by atoms with Crippen LogP contribution in [0.4, 0.5) is 0 Å². The molecule has 0 spiro atoms. The van der Waals surface area contributed by atoms with E-state index in [0.29, 0.717) is 0 Å². The fourth-order valence-corrected chi connectivity index (χ4v) is 3.20. The highest BCUT2D eigenvalue weighted by Gasteiger charge is 2.31. The Kier molecular flexibility index (Phi) is 2.41. The highest BCUT2D eigenvalue weighted by atomic mass is 32.2. The summed E-state index contributed by atoms with van der Waals surface area (Å²) >= 11 is 1.57. The zero-order valence-corrected chi connectivity index (χ0v) is 9.78. The fraction of sp³-hybridized carbons (Fsp3) is 0.0714. The Bertz CT molecular complexity index is 575. The molecule has 0 fully saturated rings. The van der Waals surface area contributed by atoms with Gasteiger partial charge in [0.15, 0.2) is 5.78 Å². The first-order valence-corrected chi connectivity index (χ1v) is 6.22. The van der Waals surface area contributed by atoms with Gasteiger partial charge in [-0.3, -0.25) is 4.79 Å². The molecule has 0 amide bonds. The number of benzene rings is 2. The van der Waals surface area contributed by atoms with Crippen molar-refractivity contribution in [1.82, 2.24) is 0 Å². The van der Waals surface area contributed by atoms with E-state index in [0.717, 1.165) is 16.0 Å². The summed E-state index contributed by atoms with van der Waals surface area (Å²) in [7, 11) is 0. The van der Waals surface area contributed by atoms with Crippen LogP contribution < -0.4 is 0 Å². The predicted molar refractivity (Wildman–Crippen MR) is 67.5 cm³/mol. The summed E-state index contributed by atoms with van der Waals surface area (Å²) in [5.41, 5.74) is 1.74. The number of thioether (sulfide) groups is 1. The maximum atomic E-state index is 12.2. The van der Waals surface area contributed by atoms with Gasteiger partial charge < -0.3 is 5.11 Å². The van der Waals surface area contributed by atoms with Crippen LogP contribution in [-0.4, -0.2) is 10.9 Å². The minimum Gasteiger partial charge on any atom is -0.508 e. The van der Waals surface area contributed by atoms with Crippen LogP contribution in [0, 0.1) is 0 Å². The number of hydrogen-bond donors (Lipinski definition) is 1. The number of ketones is 1. The Morgan fingerprint density at radius 1 is 1.00 bits per heavy atom. The van der Waals surface area contributed by atoms with Crippen molar-refractivity contribution >= 4 is 17.5 Å². The van der Waals surface area contributed by atoms with Crippen molar-refractivity contribution in [2.24, 2.45) is 0 Å². The van der Waals surface area contributed by atoms with Gasteiger partial charge in [-0.15, -0.1) is 11.8 Å². The third kappa shape index (κ3) is 1.72. The summed E-state index contributed by atoms with van der Waals surface area (Å²) in [6.45, 7) is 0. The molecule has 0 bridgehead atoms.